The van der Waals surface area contributed by atoms with Crippen molar-refractivity contribution in [2.45, 2.75) is 18.9 Å². The van der Waals surface area contributed by atoms with E-state index in [1.54, 1.807) is 0 Å². The zero-order valence-electron chi connectivity index (χ0n) is 13.2. The first-order valence-corrected chi connectivity index (χ1v) is 8.21. The van der Waals surface area contributed by atoms with Crippen LogP contribution in [0.5, 0.6) is 0 Å². The van der Waals surface area contributed by atoms with E-state index in [1.165, 1.54) is 32.0 Å². The fourth-order valence-corrected chi connectivity index (χ4v) is 4.45. The first-order valence-electron chi connectivity index (χ1n) is 8.21. The summed E-state index contributed by atoms with van der Waals surface area (Å²) >= 11 is 0. The van der Waals surface area contributed by atoms with Crippen molar-refractivity contribution in [3.63, 3.8) is 0 Å². The largest absolute Gasteiger partial charge is 0.319 e. The summed E-state index contributed by atoms with van der Waals surface area (Å²) in [5.41, 5.74) is 9.00. The average Bonchev–Trinajstić information content (AvgIpc) is 2.81. The van der Waals surface area contributed by atoms with Gasteiger partial charge in [-0.15, -0.1) is 0 Å². The molecule has 4 aliphatic carbocycles. The summed E-state index contributed by atoms with van der Waals surface area (Å²) in [6.45, 7) is 2.33. The van der Waals surface area contributed by atoms with Crippen LogP contribution in [0.4, 0.5) is 0 Å². The lowest BCUT2D eigenvalue weighted by Gasteiger charge is -2.38. The van der Waals surface area contributed by atoms with Crippen molar-refractivity contribution in [2.24, 2.45) is 11.1 Å². The molecule has 0 fully saturated rings. The van der Waals surface area contributed by atoms with E-state index < -0.39 is 5.54 Å². The number of allylic oxidation sites excluding steroid dienone is 7. The Morgan fingerprint density at radius 2 is 1.61 bits per heavy atom. The summed E-state index contributed by atoms with van der Waals surface area (Å²) in [6.07, 6.45) is 23.1. The van der Waals surface area contributed by atoms with Crippen LogP contribution in [-0.4, -0.2) is 5.54 Å². The van der Waals surface area contributed by atoms with Crippen LogP contribution >= 0.6 is 0 Å². The molecule has 1 aromatic carbocycles. The highest BCUT2D eigenvalue weighted by Gasteiger charge is 2.39. The molecule has 0 aliphatic heterocycles. The molecule has 1 heteroatoms. The minimum absolute atomic E-state index is 0.0881. The fourth-order valence-electron chi connectivity index (χ4n) is 4.45. The molecule has 2 atom stereocenters. The molecule has 2 N–H and O–H groups in total. The van der Waals surface area contributed by atoms with Gasteiger partial charge in [-0.25, -0.2) is 0 Å². The second-order valence-corrected chi connectivity index (χ2v) is 7.28. The van der Waals surface area contributed by atoms with Gasteiger partial charge in [0.2, 0.25) is 0 Å². The molecule has 0 spiro atoms. The monoisotopic (exact) mass is 297 g/mol. The summed E-state index contributed by atoms with van der Waals surface area (Å²) < 4.78 is 0. The lowest BCUT2D eigenvalue weighted by Crippen LogP contribution is -2.49. The van der Waals surface area contributed by atoms with Crippen LogP contribution in [0.15, 0.2) is 59.7 Å². The van der Waals surface area contributed by atoms with Gasteiger partial charge in [-0.2, -0.15) is 0 Å². The van der Waals surface area contributed by atoms with E-state index in [9.17, 15) is 0 Å². The van der Waals surface area contributed by atoms with Crippen LogP contribution in [-0.2, 0) is 0 Å². The summed E-state index contributed by atoms with van der Waals surface area (Å²) in [6, 6.07) is 4.44. The first kappa shape index (κ1) is 13.1. The molecule has 0 saturated heterocycles. The Hall–Kier alpha value is -2.38. The van der Waals surface area contributed by atoms with Gasteiger partial charge < -0.3 is 5.73 Å². The molecule has 4 aliphatic rings. The fraction of sp³-hybridized carbons (Fsp3) is 0.182. The van der Waals surface area contributed by atoms with Crippen LogP contribution in [0.1, 0.15) is 13.3 Å². The summed E-state index contributed by atoms with van der Waals surface area (Å²) in [5, 5.41) is 5.13. The SMILES string of the molecule is CC12CC3(N)C=CC=c4c(ccc5c4=CC1=CC=CC=C2C=5)=C3. The van der Waals surface area contributed by atoms with Gasteiger partial charge in [0.1, 0.15) is 0 Å². The van der Waals surface area contributed by atoms with Gasteiger partial charge in [0.15, 0.2) is 0 Å². The maximum Gasteiger partial charge on any atom is 0.0548 e. The third-order valence-electron chi connectivity index (χ3n) is 5.66. The summed E-state index contributed by atoms with van der Waals surface area (Å²) in [7, 11) is 0. The molecule has 0 saturated carbocycles. The molecule has 0 aromatic heterocycles. The quantitative estimate of drug-likeness (QED) is 0.757. The van der Waals surface area contributed by atoms with Crippen molar-refractivity contribution in [1.29, 1.82) is 0 Å². The molecular weight excluding hydrogens is 278 g/mol. The summed E-state index contributed by atoms with van der Waals surface area (Å²) in [5.74, 6) is 0. The van der Waals surface area contributed by atoms with Crippen molar-refractivity contribution in [3.05, 3.63) is 80.6 Å². The highest BCUT2D eigenvalue weighted by molar-refractivity contribution is 5.70. The Labute approximate surface area is 135 Å². The number of hydrogen-bond acceptors (Lipinski definition) is 1. The third-order valence-corrected chi connectivity index (χ3v) is 5.66. The maximum absolute atomic E-state index is 6.84. The van der Waals surface area contributed by atoms with Crippen molar-refractivity contribution in [2.75, 3.05) is 0 Å². The highest BCUT2D eigenvalue weighted by Crippen LogP contribution is 2.45. The molecule has 112 valence electrons. The van der Waals surface area contributed by atoms with Gasteiger partial charge in [0.05, 0.1) is 5.54 Å². The van der Waals surface area contributed by atoms with Crippen LogP contribution in [0.3, 0.4) is 0 Å². The number of rotatable bonds is 0. The van der Waals surface area contributed by atoms with Crippen LogP contribution in [0.2, 0.25) is 0 Å². The number of fused-ring (bicyclic) bond motifs is 1. The second kappa shape index (κ2) is 4.12. The van der Waals surface area contributed by atoms with Crippen molar-refractivity contribution < 1.29 is 0 Å². The Morgan fingerprint density at radius 1 is 0.870 bits per heavy atom. The molecule has 0 radical (unpaired) electrons. The minimum atomic E-state index is -0.443. The van der Waals surface area contributed by atoms with E-state index >= 15 is 0 Å². The van der Waals surface area contributed by atoms with Gasteiger partial charge >= 0.3 is 0 Å². The van der Waals surface area contributed by atoms with E-state index in [0.29, 0.717) is 0 Å². The predicted molar refractivity (Wildman–Crippen MR) is 96.9 cm³/mol. The number of hydrogen-bond donors (Lipinski definition) is 1. The molecule has 7 bridgehead atoms. The lowest BCUT2D eigenvalue weighted by atomic mass is 9.67. The molecule has 2 unspecified atom stereocenters. The van der Waals surface area contributed by atoms with E-state index in [-0.39, 0.29) is 5.41 Å². The molecule has 23 heavy (non-hydrogen) atoms. The standard InChI is InChI=1S/C22H19N/c1-21-14-22(23)10-4-7-19-16(13-22)9-8-15-11-17(21)5-2-3-6-18(21)12-20(15)19/h2-13H,14,23H2,1H3. The molecule has 0 heterocycles. The van der Waals surface area contributed by atoms with Gasteiger partial charge in [0, 0.05) is 5.41 Å². The average molecular weight is 297 g/mol. The van der Waals surface area contributed by atoms with Crippen LogP contribution < -0.4 is 26.6 Å². The van der Waals surface area contributed by atoms with Gasteiger partial charge in [-0.05, 0) is 44.5 Å². The number of nitrogens with two attached hydrogens (primary N) is 1. The topological polar surface area (TPSA) is 26.0 Å². The predicted octanol–water partition coefficient (Wildman–Crippen LogP) is 0.922. The van der Waals surface area contributed by atoms with Crippen LogP contribution in [0.25, 0.3) is 24.3 Å². The second-order valence-electron chi connectivity index (χ2n) is 7.28. The van der Waals surface area contributed by atoms with E-state index in [1.807, 2.05) is 0 Å². The van der Waals surface area contributed by atoms with Crippen molar-refractivity contribution >= 4 is 24.3 Å². The Bertz CT molecular complexity index is 1110. The zero-order valence-corrected chi connectivity index (χ0v) is 13.2. The molecular formula is C22H19N. The molecule has 5 rings (SSSR count). The normalized spacial score (nSPS) is 31.9. The van der Waals surface area contributed by atoms with Gasteiger partial charge in [0.25, 0.3) is 0 Å². The van der Waals surface area contributed by atoms with E-state index in [2.05, 4.69) is 79.8 Å². The Kier molecular flexibility index (Phi) is 2.35. The van der Waals surface area contributed by atoms with E-state index in [0.717, 1.165) is 6.42 Å². The molecule has 0 amide bonds. The molecule has 1 nitrogen and oxygen atoms in total. The van der Waals surface area contributed by atoms with E-state index in [4.69, 9.17) is 5.73 Å². The maximum atomic E-state index is 6.84. The highest BCUT2D eigenvalue weighted by atomic mass is 14.7. The third kappa shape index (κ3) is 1.71. The van der Waals surface area contributed by atoms with Crippen LogP contribution in [0, 0.1) is 5.41 Å². The zero-order chi connectivity index (χ0) is 15.7. The Balaban J connectivity index is 2.13. The van der Waals surface area contributed by atoms with Gasteiger partial charge in [-0.1, -0.05) is 73.7 Å². The minimum Gasteiger partial charge on any atom is -0.319 e. The van der Waals surface area contributed by atoms with Gasteiger partial charge in [-0.3, -0.25) is 0 Å². The Morgan fingerprint density at radius 3 is 2.43 bits per heavy atom. The smallest absolute Gasteiger partial charge is 0.0548 e. The van der Waals surface area contributed by atoms with Crippen molar-refractivity contribution in [3.8, 4) is 0 Å². The number of benzene rings is 1. The first-order chi connectivity index (χ1) is 11.1. The lowest BCUT2D eigenvalue weighted by molar-refractivity contribution is 0.406. The summed E-state index contributed by atoms with van der Waals surface area (Å²) in [4.78, 5) is 0. The molecule has 1 aromatic rings. The van der Waals surface area contributed by atoms with Crippen molar-refractivity contribution in [1.82, 2.24) is 0 Å².